The van der Waals surface area contributed by atoms with Crippen LogP contribution in [0.2, 0.25) is 0 Å². The predicted octanol–water partition coefficient (Wildman–Crippen LogP) is 1.48. The molecule has 2 N–H and O–H groups in total. The van der Waals surface area contributed by atoms with Gasteiger partial charge in [0.25, 0.3) is 5.91 Å². The highest BCUT2D eigenvalue weighted by atomic mass is 32.1. The average Bonchev–Trinajstić information content (AvgIpc) is 2.84. The van der Waals surface area contributed by atoms with E-state index in [1.54, 1.807) is 0 Å². The Morgan fingerprint density at radius 1 is 1.67 bits per heavy atom. The van der Waals surface area contributed by atoms with E-state index in [2.05, 4.69) is 17.2 Å². The van der Waals surface area contributed by atoms with Crippen molar-refractivity contribution in [3.8, 4) is 0 Å². The van der Waals surface area contributed by atoms with Crippen molar-refractivity contribution in [3.63, 3.8) is 0 Å². The summed E-state index contributed by atoms with van der Waals surface area (Å²) in [5, 5.41) is 12.8. The van der Waals surface area contributed by atoms with E-state index >= 15 is 0 Å². The maximum Gasteiger partial charge on any atom is 0.258 e. The first-order valence-corrected chi connectivity index (χ1v) is 5.87. The normalized spacial score (nSPS) is 17.5. The number of carbonyl (C=O) groups excluding carboxylic acids is 1. The van der Waals surface area contributed by atoms with Crippen LogP contribution in [0.15, 0.2) is 0 Å². The quantitative estimate of drug-likeness (QED) is 0.820. The molecule has 15 heavy (non-hydrogen) atoms. The molecule has 1 aliphatic carbocycles. The molecule has 1 aromatic heterocycles. The molecular weight excluding hydrogens is 212 g/mol. The third-order valence-corrected chi connectivity index (χ3v) is 3.80. The zero-order valence-electron chi connectivity index (χ0n) is 8.83. The summed E-state index contributed by atoms with van der Waals surface area (Å²) in [6.07, 6.45) is 2.04. The van der Waals surface area contributed by atoms with E-state index in [9.17, 15) is 9.90 Å². The molecule has 4 nitrogen and oxygen atoms in total. The first-order valence-electron chi connectivity index (χ1n) is 5.05. The lowest BCUT2D eigenvalue weighted by molar-refractivity contribution is -0.125. The van der Waals surface area contributed by atoms with Gasteiger partial charge in [-0.05, 0) is 26.2 Å². The maximum atomic E-state index is 11.5. The summed E-state index contributed by atoms with van der Waals surface area (Å²) in [7, 11) is 0. The minimum absolute atomic E-state index is 0.320. The van der Waals surface area contributed by atoms with Crippen LogP contribution in [0.3, 0.4) is 0 Å². The smallest absolute Gasteiger partial charge is 0.258 e. The van der Waals surface area contributed by atoms with Gasteiger partial charge in [-0.1, -0.05) is 6.92 Å². The fourth-order valence-electron chi connectivity index (χ4n) is 1.37. The zero-order chi connectivity index (χ0) is 11.1. The van der Waals surface area contributed by atoms with E-state index in [-0.39, 0.29) is 5.91 Å². The molecule has 0 saturated heterocycles. The fraction of sp³-hybridized carbons (Fsp3) is 0.600. The van der Waals surface area contributed by atoms with Crippen molar-refractivity contribution in [2.24, 2.45) is 0 Å². The number of aromatic nitrogens is 1. The van der Waals surface area contributed by atoms with Crippen LogP contribution < -0.4 is 5.32 Å². The van der Waals surface area contributed by atoms with Gasteiger partial charge < -0.3 is 5.11 Å². The monoisotopic (exact) mass is 226 g/mol. The maximum absolute atomic E-state index is 11.5. The van der Waals surface area contributed by atoms with Crippen LogP contribution in [0.4, 0.5) is 5.13 Å². The Hall–Kier alpha value is -0.940. The van der Waals surface area contributed by atoms with Gasteiger partial charge in [0.2, 0.25) is 0 Å². The SMILES string of the molecule is CCc1sc(NC(=O)C2(O)CC2)nc1C. The van der Waals surface area contributed by atoms with Gasteiger partial charge in [0.1, 0.15) is 5.60 Å². The summed E-state index contributed by atoms with van der Waals surface area (Å²) in [5.41, 5.74) is -0.160. The van der Waals surface area contributed by atoms with E-state index in [4.69, 9.17) is 0 Å². The lowest BCUT2D eigenvalue weighted by atomic mass is 10.3. The molecule has 5 heteroatoms. The van der Waals surface area contributed by atoms with Crippen molar-refractivity contribution in [2.75, 3.05) is 5.32 Å². The Balaban J connectivity index is 2.07. The number of rotatable bonds is 3. The lowest BCUT2D eigenvalue weighted by Crippen LogP contribution is -2.29. The number of carbonyl (C=O) groups is 1. The number of hydrogen-bond donors (Lipinski definition) is 2. The minimum atomic E-state index is -1.12. The molecular formula is C10H14N2O2S. The molecule has 0 atom stereocenters. The Morgan fingerprint density at radius 3 is 2.80 bits per heavy atom. The Morgan fingerprint density at radius 2 is 2.33 bits per heavy atom. The molecule has 0 bridgehead atoms. The summed E-state index contributed by atoms with van der Waals surface area (Å²) in [6.45, 7) is 3.98. The molecule has 1 fully saturated rings. The number of hydrogen-bond acceptors (Lipinski definition) is 4. The molecule has 1 aliphatic rings. The average molecular weight is 226 g/mol. The number of amides is 1. The number of nitrogens with one attached hydrogen (secondary N) is 1. The highest BCUT2D eigenvalue weighted by Crippen LogP contribution is 2.36. The molecule has 1 aromatic rings. The minimum Gasteiger partial charge on any atom is -0.380 e. The predicted molar refractivity (Wildman–Crippen MR) is 59.0 cm³/mol. The molecule has 1 saturated carbocycles. The van der Waals surface area contributed by atoms with Gasteiger partial charge in [0.05, 0.1) is 5.69 Å². The number of anilines is 1. The summed E-state index contributed by atoms with van der Waals surface area (Å²) in [5.74, 6) is -0.320. The molecule has 0 aliphatic heterocycles. The van der Waals surface area contributed by atoms with Crippen LogP contribution in [0, 0.1) is 6.92 Å². The van der Waals surface area contributed by atoms with Gasteiger partial charge in [-0.15, -0.1) is 11.3 Å². The third-order valence-electron chi connectivity index (χ3n) is 2.58. The van der Waals surface area contributed by atoms with Gasteiger partial charge in [-0.3, -0.25) is 10.1 Å². The van der Waals surface area contributed by atoms with Crippen molar-refractivity contribution < 1.29 is 9.90 Å². The van der Waals surface area contributed by atoms with Gasteiger partial charge in [-0.25, -0.2) is 4.98 Å². The molecule has 0 spiro atoms. The molecule has 82 valence electrons. The van der Waals surface area contributed by atoms with Crippen molar-refractivity contribution in [3.05, 3.63) is 10.6 Å². The van der Waals surface area contributed by atoms with Crippen molar-refractivity contribution in [1.29, 1.82) is 0 Å². The fourth-order valence-corrected chi connectivity index (χ4v) is 2.27. The summed E-state index contributed by atoms with van der Waals surface area (Å²) < 4.78 is 0. The summed E-state index contributed by atoms with van der Waals surface area (Å²) in [4.78, 5) is 16.9. The largest absolute Gasteiger partial charge is 0.380 e. The van der Waals surface area contributed by atoms with E-state index in [0.29, 0.717) is 18.0 Å². The molecule has 0 aromatic carbocycles. The van der Waals surface area contributed by atoms with Crippen molar-refractivity contribution in [2.45, 2.75) is 38.7 Å². The first kappa shape index (κ1) is 10.6. The van der Waals surface area contributed by atoms with E-state index in [0.717, 1.165) is 12.1 Å². The second-order valence-corrected chi connectivity index (χ2v) is 4.95. The van der Waals surface area contributed by atoms with Crippen LogP contribution in [-0.2, 0) is 11.2 Å². The first-order chi connectivity index (χ1) is 7.05. The molecule has 0 unspecified atom stereocenters. The zero-order valence-corrected chi connectivity index (χ0v) is 9.65. The van der Waals surface area contributed by atoms with Crippen LogP contribution in [0.5, 0.6) is 0 Å². The number of aryl methyl sites for hydroxylation is 2. The van der Waals surface area contributed by atoms with Crippen LogP contribution in [-0.4, -0.2) is 21.6 Å². The standard InChI is InChI=1S/C10H14N2O2S/c1-3-7-6(2)11-9(15-7)12-8(13)10(14)4-5-10/h14H,3-5H2,1-2H3,(H,11,12,13). The number of aliphatic hydroxyl groups is 1. The Bertz CT molecular complexity index is 396. The van der Waals surface area contributed by atoms with Gasteiger partial charge in [0, 0.05) is 4.88 Å². The van der Waals surface area contributed by atoms with E-state index in [1.807, 2.05) is 6.92 Å². The summed E-state index contributed by atoms with van der Waals surface area (Å²) >= 11 is 1.48. The molecule has 1 heterocycles. The number of nitrogens with zero attached hydrogens (tertiary/aromatic N) is 1. The molecule has 1 amide bonds. The second kappa shape index (κ2) is 3.57. The van der Waals surface area contributed by atoms with Crippen molar-refractivity contribution >= 4 is 22.4 Å². The van der Waals surface area contributed by atoms with E-state index in [1.165, 1.54) is 16.2 Å². The van der Waals surface area contributed by atoms with Crippen LogP contribution in [0.1, 0.15) is 30.3 Å². The van der Waals surface area contributed by atoms with E-state index < -0.39 is 5.60 Å². The topological polar surface area (TPSA) is 62.2 Å². The molecule has 2 rings (SSSR count). The van der Waals surface area contributed by atoms with Gasteiger partial charge in [0.15, 0.2) is 5.13 Å². The second-order valence-electron chi connectivity index (χ2n) is 3.87. The van der Waals surface area contributed by atoms with Gasteiger partial charge >= 0.3 is 0 Å². The van der Waals surface area contributed by atoms with Crippen LogP contribution in [0.25, 0.3) is 0 Å². The highest BCUT2D eigenvalue weighted by Gasteiger charge is 2.48. The highest BCUT2D eigenvalue weighted by molar-refractivity contribution is 7.15. The Labute approximate surface area is 92.3 Å². The number of thiazole rings is 1. The third kappa shape index (κ3) is 2.03. The van der Waals surface area contributed by atoms with Crippen molar-refractivity contribution in [1.82, 2.24) is 4.98 Å². The lowest BCUT2D eigenvalue weighted by Gasteiger charge is -2.05. The molecule has 0 radical (unpaired) electrons. The van der Waals surface area contributed by atoms with Gasteiger partial charge in [-0.2, -0.15) is 0 Å². The Kier molecular flexibility index (Phi) is 2.52. The van der Waals surface area contributed by atoms with Crippen LogP contribution >= 0.6 is 11.3 Å². The summed E-state index contributed by atoms with van der Waals surface area (Å²) in [6, 6.07) is 0.